The van der Waals surface area contributed by atoms with Crippen molar-refractivity contribution in [2.45, 2.75) is 0 Å². The van der Waals surface area contributed by atoms with Crippen molar-refractivity contribution in [3.05, 3.63) is 58.2 Å². The first kappa shape index (κ1) is 14.5. The quantitative estimate of drug-likeness (QED) is 0.341. The van der Waals surface area contributed by atoms with Gasteiger partial charge in [-0.2, -0.15) is 0 Å². The zero-order chi connectivity index (χ0) is 12.4. The number of non-ortho nitro benzene ring substituents is 1. The molecule has 1 aromatic carbocycles. The fraction of sp³-hybridized carbons (Fsp3) is 0. The van der Waals surface area contributed by atoms with E-state index in [1.807, 2.05) is 0 Å². The summed E-state index contributed by atoms with van der Waals surface area (Å²) in [7, 11) is 0. The van der Waals surface area contributed by atoms with E-state index in [9.17, 15) is 19.7 Å². The average molecular weight is 253 g/mol. The number of hydrogen-bond acceptors (Lipinski definition) is 4. The molecule has 1 aliphatic rings. The molecular formula is C12H8NNaO4. The normalized spacial score (nSPS) is 13.9. The summed E-state index contributed by atoms with van der Waals surface area (Å²) >= 11 is 0. The molecule has 0 saturated heterocycles. The summed E-state index contributed by atoms with van der Waals surface area (Å²) in [5.74, 6) is -0.545. The summed E-state index contributed by atoms with van der Waals surface area (Å²) in [6.45, 7) is 0. The van der Waals surface area contributed by atoms with Gasteiger partial charge in [0.05, 0.1) is 4.92 Å². The molecule has 0 radical (unpaired) electrons. The van der Waals surface area contributed by atoms with Gasteiger partial charge in [0.25, 0.3) is 5.69 Å². The SMILES string of the molecule is O=C1C=CC(=O)C(c2ccc([N+](=O)[O-])cc2)=C1.[NaH]. The van der Waals surface area contributed by atoms with Crippen molar-refractivity contribution in [2.24, 2.45) is 0 Å². The van der Waals surface area contributed by atoms with Crippen molar-refractivity contribution in [3.63, 3.8) is 0 Å². The van der Waals surface area contributed by atoms with Crippen LogP contribution in [0.5, 0.6) is 0 Å². The van der Waals surface area contributed by atoms with Gasteiger partial charge in [0.1, 0.15) is 0 Å². The van der Waals surface area contributed by atoms with Crippen molar-refractivity contribution in [1.82, 2.24) is 0 Å². The van der Waals surface area contributed by atoms with Gasteiger partial charge < -0.3 is 0 Å². The van der Waals surface area contributed by atoms with Gasteiger partial charge in [-0.25, -0.2) is 0 Å². The molecule has 0 spiro atoms. The van der Waals surface area contributed by atoms with Crippen molar-refractivity contribution < 1.29 is 14.5 Å². The van der Waals surface area contributed by atoms with Crippen molar-refractivity contribution in [1.29, 1.82) is 0 Å². The third-order valence-electron chi connectivity index (χ3n) is 2.34. The van der Waals surface area contributed by atoms with Crippen LogP contribution in [0.4, 0.5) is 5.69 Å². The molecule has 0 N–H and O–H groups in total. The average Bonchev–Trinajstić information content (AvgIpc) is 2.32. The first-order chi connectivity index (χ1) is 8.08. The predicted molar refractivity (Wildman–Crippen MR) is 67.4 cm³/mol. The van der Waals surface area contributed by atoms with Crippen LogP contribution in [0.3, 0.4) is 0 Å². The van der Waals surface area contributed by atoms with E-state index in [1.54, 1.807) is 0 Å². The molecule has 2 rings (SSSR count). The summed E-state index contributed by atoms with van der Waals surface area (Å²) in [6, 6.07) is 5.50. The molecule has 6 heteroatoms. The van der Waals surface area contributed by atoms with E-state index in [0.29, 0.717) is 5.56 Å². The Morgan fingerprint density at radius 3 is 2.17 bits per heavy atom. The minimum absolute atomic E-state index is 0. The van der Waals surface area contributed by atoms with E-state index in [1.165, 1.54) is 42.5 Å². The number of carbonyl (C=O) groups excluding carboxylic acids is 2. The van der Waals surface area contributed by atoms with E-state index in [0.717, 1.165) is 0 Å². The number of ketones is 2. The van der Waals surface area contributed by atoms with E-state index in [4.69, 9.17) is 0 Å². The predicted octanol–water partition coefficient (Wildman–Crippen LogP) is 1.04. The first-order valence-electron chi connectivity index (χ1n) is 4.81. The Bertz CT molecular complexity index is 572. The van der Waals surface area contributed by atoms with Crippen molar-refractivity contribution in [3.8, 4) is 0 Å². The molecule has 0 amide bonds. The number of nitrogens with zero attached hydrogens (tertiary/aromatic N) is 1. The van der Waals surface area contributed by atoms with Gasteiger partial charge in [0.15, 0.2) is 11.6 Å². The zero-order valence-electron chi connectivity index (χ0n) is 8.62. The van der Waals surface area contributed by atoms with Crippen LogP contribution >= 0.6 is 0 Å². The minimum atomic E-state index is -0.522. The summed E-state index contributed by atoms with van der Waals surface area (Å²) in [4.78, 5) is 32.6. The molecule has 0 atom stereocenters. The molecule has 0 aliphatic heterocycles. The van der Waals surface area contributed by atoms with Crippen LogP contribution in [-0.4, -0.2) is 46.0 Å². The Labute approximate surface area is 125 Å². The Hall–Kier alpha value is -1.56. The molecule has 0 bridgehead atoms. The van der Waals surface area contributed by atoms with Crippen LogP contribution in [0, 0.1) is 10.1 Å². The molecule has 0 fully saturated rings. The molecule has 0 unspecified atom stereocenters. The topological polar surface area (TPSA) is 77.3 Å². The fourth-order valence-electron chi connectivity index (χ4n) is 1.50. The number of hydrogen-bond donors (Lipinski definition) is 0. The molecular weight excluding hydrogens is 245 g/mol. The number of rotatable bonds is 2. The van der Waals surface area contributed by atoms with Gasteiger partial charge >= 0.3 is 29.6 Å². The van der Waals surface area contributed by atoms with Crippen LogP contribution in [0.25, 0.3) is 5.57 Å². The summed E-state index contributed by atoms with van der Waals surface area (Å²) in [5, 5.41) is 10.5. The van der Waals surface area contributed by atoms with Crippen LogP contribution in [0.1, 0.15) is 5.56 Å². The Morgan fingerprint density at radius 1 is 1.00 bits per heavy atom. The summed E-state index contributed by atoms with van der Waals surface area (Å²) < 4.78 is 0. The van der Waals surface area contributed by atoms with Crippen molar-refractivity contribution >= 4 is 52.4 Å². The third kappa shape index (κ3) is 3.01. The van der Waals surface area contributed by atoms with Crippen molar-refractivity contribution in [2.75, 3.05) is 0 Å². The Morgan fingerprint density at radius 2 is 1.61 bits per heavy atom. The van der Waals surface area contributed by atoms with Crippen LogP contribution in [0.2, 0.25) is 0 Å². The van der Waals surface area contributed by atoms with Gasteiger partial charge in [-0.05, 0) is 35.9 Å². The monoisotopic (exact) mass is 253 g/mol. The molecule has 0 heterocycles. The third-order valence-corrected chi connectivity index (χ3v) is 2.34. The van der Waals surface area contributed by atoms with Gasteiger partial charge in [0, 0.05) is 17.7 Å². The number of nitro benzene ring substituents is 1. The zero-order valence-corrected chi connectivity index (χ0v) is 8.62. The molecule has 1 aliphatic carbocycles. The molecule has 0 aromatic heterocycles. The fourth-order valence-corrected chi connectivity index (χ4v) is 1.50. The second-order valence-electron chi connectivity index (χ2n) is 3.46. The number of nitro groups is 1. The van der Waals surface area contributed by atoms with Gasteiger partial charge in [0.2, 0.25) is 0 Å². The summed E-state index contributed by atoms with van der Waals surface area (Å²) in [5.41, 5.74) is 0.699. The first-order valence-corrected chi connectivity index (χ1v) is 4.81. The van der Waals surface area contributed by atoms with E-state index in [2.05, 4.69) is 0 Å². The molecule has 1 aromatic rings. The Kier molecular flexibility index (Phi) is 4.72. The van der Waals surface area contributed by atoms with Gasteiger partial charge in [-0.1, -0.05) is 0 Å². The van der Waals surface area contributed by atoms with Gasteiger partial charge in [-0.3, -0.25) is 19.7 Å². The van der Waals surface area contributed by atoms with E-state index in [-0.39, 0.29) is 52.4 Å². The molecule has 5 nitrogen and oxygen atoms in total. The van der Waals surface area contributed by atoms with Crippen LogP contribution in [-0.2, 0) is 9.59 Å². The van der Waals surface area contributed by atoms with E-state index >= 15 is 0 Å². The second-order valence-corrected chi connectivity index (χ2v) is 3.46. The number of benzene rings is 1. The standard InChI is InChI=1S/C12H7NO4.Na.H/c14-10-5-6-12(15)11(7-10)8-1-3-9(4-2-8)13(16)17;;/h1-7H;;. The second kappa shape index (κ2) is 5.86. The van der Waals surface area contributed by atoms with Gasteiger partial charge in [-0.15, -0.1) is 0 Å². The van der Waals surface area contributed by atoms with Crippen LogP contribution < -0.4 is 0 Å². The summed E-state index contributed by atoms with van der Waals surface area (Å²) in [6.07, 6.45) is 3.61. The van der Waals surface area contributed by atoms with E-state index < -0.39 is 4.92 Å². The molecule has 86 valence electrons. The molecule has 0 saturated carbocycles. The maximum absolute atomic E-state index is 11.5. The maximum atomic E-state index is 11.5. The number of allylic oxidation sites excluding steroid dienone is 4. The Balaban J connectivity index is 0.00000162. The molecule has 18 heavy (non-hydrogen) atoms. The van der Waals surface area contributed by atoms with Crippen LogP contribution in [0.15, 0.2) is 42.5 Å². The number of carbonyl (C=O) groups is 2.